The quantitative estimate of drug-likeness (QED) is 0.515. The van der Waals surface area contributed by atoms with Gasteiger partial charge in [-0.1, -0.05) is 30.3 Å². The van der Waals surface area contributed by atoms with Gasteiger partial charge in [0.05, 0.1) is 5.69 Å². The number of allylic oxidation sites excluding steroid dienone is 1. The van der Waals surface area contributed by atoms with E-state index in [1.807, 2.05) is 31.2 Å². The number of carbonyl (C=O) groups is 2. The van der Waals surface area contributed by atoms with Crippen LogP contribution in [0, 0.1) is 6.92 Å². The number of ketones is 1. The second kappa shape index (κ2) is 6.10. The van der Waals surface area contributed by atoms with Crippen molar-refractivity contribution in [3.05, 3.63) is 58.7 Å². The van der Waals surface area contributed by atoms with E-state index in [9.17, 15) is 9.59 Å². The summed E-state index contributed by atoms with van der Waals surface area (Å²) >= 11 is 0. The summed E-state index contributed by atoms with van der Waals surface area (Å²) in [5, 5.41) is 0. The third-order valence-corrected chi connectivity index (χ3v) is 3.00. The predicted molar refractivity (Wildman–Crippen MR) is 77.7 cm³/mol. The molecule has 0 atom stereocenters. The fraction of sp³-hybridized carbons (Fsp3) is 0.188. The number of nitrogens with zero attached hydrogens (tertiary/aromatic N) is 1. The number of carbonyl (C=O) groups excluding carboxylic acids is 2. The highest BCUT2D eigenvalue weighted by molar-refractivity contribution is 5.93. The van der Waals surface area contributed by atoms with Crippen LogP contribution in [0.2, 0.25) is 0 Å². The van der Waals surface area contributed by atoms with Crippen molar-refractivity contribution >= 4 is 18.1 Å². The molecule has 0 spiro atoms. The van der Waals surface area contributed by atoms with Crippen LogP contribution in [0.1, 0.15) is 40.1 Å². The van der Waals surface area contributed by atoms with E-state index in [2.05, 4.69) is 9.97 Å². The summed E-state index contributed by atoms with van der Waals surface area (Å²) in [4.78, 5) is 29.0. The Kier molecular flexibility index (Phi) is 4.25. The zero-order chi connectivity index (χ0) is 14.5. The molecule has 0 aliphatic heterocycles. The third kappa shape index (κ3) is 3.29. The van der Waals surface area contributed by atoms with Gasteiger partial charge in [0.2, 0.25) is 0 Å². The number of hydrogen-bond donors (Lipinski definition) is 1. The molecule has 0 aliphatic carbocycles. The van der Waals surface area contributed by atoms with Crippen LogP contribution in [-0.4, -0.2) is 22.0 Å². The molecular formula is C16H16N2O2. The number of nitrogens with one attached hydrogen (secondary N) is 1. The number of aldehydes is 1. The Morgan fingerprint density at radius 1 is 1.30 bits per heavy atom. The number of hydrogen-bond acceptors (Lipinski definition) is 3. The van der Waals surface area contributed by atoms with Crippen molar-refractivity contribution in [2.24, 2.45) is 0 Å². The monoisotopic (exact) mass is 268 g/mol. The fourth-order valence-electron chi connectivity index (χ4n) is 2.04. The first-order valence-electron chi connectivity index (χ1n) is 6.37. The standard InChI is InChI=1S/C16H16N2O2/c1-11-16(12(2)20)18-15(17-11)10-14-7-5-13(6-8-14)4-3-9-19/h3-9H,10H2,1-2H3,(H,17,18)/b4-3+. The van der Waals surface area contributed by atoms with E-state index in [0.29, 0.717) is 12.1 Å². The number of imidazole rings is 1. The molecule has 0 saturated heterocycles. The summed E-state index contributed by atoms with van der Waals surface area (Å²) in [7, 11) is 0. The molecule has 2 aromatic rings. The Morgan fingerprint density at radius 3 is 2.55 bits per heavy atom. The molecule has 0 aliphatic rings. The van der Waals surface area contributed by atoms with Crippen molar-refractivity contribution < 1.29 is 9.59 Å². The topological polar surface area (TPSA) is 62.8 Å². The van der Waals surface area contributed by atoms with Gasteiger partial charge in [0, 0.05) is 13.3 Å². The van der Waals surface area contributed by atoms with E-state index >= 15 is 0 Å². The van der Waals surface area contributed by atoms with Crippen molar-refractivity contribution in [1.29, 1.82) is 0 Å². The van der Waals surface area contributed by atoms with Gasteiger partial charge in [0.1, 0.15) is 17.8 Å². The molecule has 4 heteroatoms. The van der Waals surface area contributed by atoms with Crippen LogP contribution in [0.3, 0.4) is 0 Å². The Hall–Kier alpha value is -2.49. The highest BCUT2D eigenvalue weighted by atomic mass is 16.1. The van der Waals surface area contributed by atoms with Gasteiger partial charge in [-0.2, -0.15) is 0 Å². The SMILES string of the molecule is CC(=O)c1[nH]c(Cc2ccc(/C=C/C=O)cc2)nc1C. The number of benzene rings is 1. The normalized spacial score (nSPS) is 10.9. The maximum Gasteiger partial charge on any atom is 0.177 e. The smallest absolute Gasteiger partial charge is 0.177 e. The van der Waals surface area contributed by atoms with Crippen LogP contribution in [0.4, 0.5) is 0 Å². The number of Topliss-reactive ketones (excluding diaryl/α,β-unsaturated/α-hetero) is 1. The Morgan fingerprint density at radius 2 is 2.00 bits per heavy atom. The van der Waals surface area contributed by atoms with E-state index < -0.39 is 0 Å². The van der Waals surface area contributed by atoms with E-state index in [4.69, 9.17) is 0 Å². The molecule has 0 bridgehead atoms. The largest absolute Gasteiger partial charge is 0.339 e. The van der Waals surface area contributed by atoms with Crippen molar-refractivity contribution in [1.82, 2.24) is 9.97 Å². The van der Waals surface area contributed by atoms with Gasteiger partial charge in [-0.15, -0.1) is 0 Å². The van der Waals surface area contributed by atoms with E-state index in [-0.39, 0.29) is 5.78 Å². The lowest BCUT2D eigenvalue weighted by atomic mass is 10.1. The van der Waals surface area contributed by atoms with E-state index in [1.165, 1.54) is 13.0 Å². The Labute approximate surface area is 117 Å². The number of H-pyrrole nitrogens is 1. The first kappa shape index (κ1) is 13.9. The Bertz CT molecular complexity index is 652. The summed E-state index contributed by atoms with van der Waals surface area (Å²) in [5.41, 5.74) is 3.38. The highest BCUT2D eigenvalue weighted by Gasteiger charge is 2.10. The lowest BCUT2D eigenvalue weighted by Crippen LogP contribution is -1.95. The average molecular weight is 268 g/mol. The first-order chi connectivity index (χ1) is 9.60. The molecule has 0 fully saturated rings. The van der Waals surface area contributed by atoms with Crippen molar-refractivity contribution in [2.45, 2.75) is 20.3 Å². The van der Waals surface area contributed by atoms with Gasteiger partial charge in [-0.3, -0.25) is 9.59 Å². The molecule has 2 rings (SSSR count). The summed E-state index contributed by atoms with van der Waals surface area (Å²) < 4.78 is 0. The molecule has 1 aromatic heterocycles. The second-order valence-corrected chi connectivity index (χ2v) is 4.61. The van der Waals surface area contributed by atoms with Crippen LogP contribution in [0.25, 0.3) is 6.08 Å². The lowest BCUT2D eigenvalue weighted by Gasteiger charge is -1.99. The summed E-state index contributed by atoms with van der Waals surface area (Å²) in [6.07, 6.45) is 4.61. The maximum atomic E-state index is 11.4. The van der Waals surface area contributed by atoms with E-state index in [1.54, 1.807) is 6.08 Å². The summed E-state index contributed by atoms with van der Waals surface area (Å²) in [6, 6.07) is 7.85. The molecule has 0 amide bonds. The molecule has 102 valence electrons. The maximum absolute atomic E-state index is 11.4. The first-order valence-corrected chi connectivity index (χ1v) is 6.37. The third-order valence-electron chi connectivity index (χ3n) is 3.00. The molecular weight excluding hydrogens is 252 g/mol. The zero-order valence-electron chi connectivity index (χ0n) is 11.5. The minimum Gasteiger partial charge on any atom is -0.339 e. The number of aromatic amines is 1. The van der Waals surface area contributed by atoms with Crippen LogP contribution in [0.5, 0.6) is 0 Å². The molecule has 20 heavy (non-hydrogen) atoms. The van der Waals surface area contributed by atoms with E-state index in [0.717, 1.165) is 28.9 Å². The minimum atomic E-state index is -0.00408. The van der Waals surface area contributed by atoms with Gasteiger partial charge in [0.15, 0.2) is 5.78 Å². The van der Waals surface area contributed by atoms with Crippen LogP contribution in [0.15, 0.2) is 30.3 Å². The van der Waals surface area contributed by atoms with Crippen molar-refractivity contribution in [3.8, 4) is 0 Å². The summed E-state index contributed by atoms with van der Waals surface area (Å²) in [6.45, 7) is 3.35. The fourth-order valence-corrected chi connectivity index (χ4v) is 2.04. The molecule has 1 N–H and O–H groups in total. The van der Waals surface area contributed by atoms with Crippen LogP contribution in [-0.2, 0) is 11.2 Å². The lowest BCUT2D eigenvalue weighted by molar-refractivity contribution is -0.104. The van der Waals surface area contributed by atoms with Crippen LogP contribution < -0.4 is 0 Å². The molecule has 1 aromatic carbocycles. The van der Waals surface area contributed by atoms with Crippen molar-refractivity contribution in [3.63, 3.8) is 0 Å². The minimum absolute atomic E-state index is 0.00408. The molecule has 0 saturated carbocycles. The number of aromatic nitrogens is 2. The van der Waals surface area contributed by atoms with Crippen molar-refractivity contribution in [2.75, 3.05) is 0 Å². The zero-order valence-corrected chi connectivity index (χ0v) is 11.5. The molecule has 4 nitrogen and oxygen atoms in total. The molecule has 1 heterocycles. The number of rotatable bonds is 5. The number of aryl methyl sites for hydroxylation is 1. The van der Waals surface area contributed by atoms with Gasteiger partial charge in [-0.05, 0) is 24.1 Å². The highest BCUT2D eigenvalue weighted by Crippen LogP contribution is 2.12. The summed E-state index contributed by atoms with van der Waals surface area (Å²) in [5.74, 6) is 0.777. The average Bonchev–Trinajstić information content (AvgIpc) is 2.79. The van der Waals surface area contributed by atoms with Gasteiger partial charge >= 0.3 is 0 Å². The molecule has 0 radical (unpaired) electrons. The molecule has 0 unspecified atom stereocenters. The van der Waals surface area contributed by atoms with Gasteiger partial charge in [-0.25, -0.2) is 4.98 Å². The predicted octanol–water partition coefficient (Wildman–Crippen LogP) is 2.72. The van der Waals surface area contributed by atoms with Crippen LogP contribution >= 0.6 is 0 Å². The van der Waals surface area contributed by atoms with Gasteiger partial charge < -0.3 is 4.98 Å². The van der Waals surface area contributed by atoms with Gasteiger partial charge in [0.25, 0.3) is 0 Å². The Balaban J connectivity index is 2.14. The second-order valence-electron chi connectivity index (χ2n) is 4.61.